The predicted molar refractivity (Wildman–Crippen MR) is 68.0 cm³/mol. The molecule has 0 aromatic heterocycles. The van der Waals surface area contributed by atoms with Crippen LogP contribution in [0.15, 0.2) is 35.5 Å². The van der Waals surface area contributed by atoms with E-state index in [4.69, 9.17) is 16.7 Å². The predicted octanol–water partition coefficient (Wildman–Crippen LogP) is 4.26. The number of hydrogen-bond donors (Lipinski definition) is 1. The van der Waals surface area contributed by atoms with Crippen molar-refractivity contribution in [3.8, 4) is 16.9 Å². The third-order valence-corrected chi connectivity index (χ3v) is 2.99. The number of benzene rings is 2. The Morgan fingerprint density at radius 2 is 1.74 bits per heavy atom. The summed E-state index contributed by atoms with van der Waals surface area (Å²) in [5.41, 5.74) is 1.23. The fraction of sp³-hybridized carbons (Fsp3) is 0.0769. The maximum atomic E-state index is 13.2. The summed E-state index contributed by atoms with van der Waals surface area (Å²) in [6.45, 7) is -0.0720. The number of hydrogen-bond acceptors (Lipinski definition) is 3. The molecule has 1 N–H and O–H groups in total. The SMILES string of the molecule is O=NCc1ccc(-c2cc(F)c(O)c(F)c2)cc1Cl. The molecule has 0 fully saturated rings. The van der Waals surface area contributed by atoms with Gasteiger partial charge in [-0.05, 0) is 34.9 Å². The minimum atomic E-state index is -1.05. The number of aromatic hydroxyl groups is 1. The maximum Gasteiger partial charge on any atom is 0.187 e. The number of phenolic OH excluding ortho intramolecular Hbond substituents is 1. The third-order valence-electron chi connectivity index (χ3n) is 2.64. The molecule has 0 radical (unpaired) electrons. The highest BCUT2D eigenvalue weighted by Crippen LogP contribution is 2.30. The number of halogens is 3. The van der Waals surface area contributed by atoms with Crippen LogP contribution in [0.2, 0.25) is 5.02 Å². The molecular formula is C13H8ClF2NO2. The molecule has 0 atom stereocenters. The van der Waals surface area contributed by atoms with Crippen molar-refractivity contribution in [2.24, 2.45) is 5.18 Å². The fourth-order valence-electron chi connectivity index (χ4n) is 1.66. The number of phenols is 1. The fourth-order valence-corrected chi connectivity index (χ4v) is 1.90. The van der Waals surface area contributed by atoms with Crippen molar-refractivity contribution < 1.29 is 13.9 Å². The zero-order valence-electron chi connectivity index (χ0n) is 9.53. The van der Waals surface area contributed by atoms with Crippen LogP contribution in [-0.2, 0) is 6.54 Å². The summed E-state index contributed by atoms with van der Waals surface area (Å²) in [5.74, 6) is -3.12. The lowest BCUT2D eigenvalue weighted by molar-refractivity contribution is 0.396. The highest BCUT2D eigenvalue weighted by atomic mass is 35.5. The van der Waals surface area contributed by atoms with Crippen LogP contribution >= 0.6 is 11.6 Å². The van der Waals surface area contributed by atoms with Crippen LogP contribution in [0.5, 0.6) is 5.75 Å². The quantitative estimate of drug-likeness (QED) is 0.856. The molecule has 0 aliphatic heterocycles. The lowest BCUT2D eigenvalue weighted by Gasteiger charge is -2.07. The Kier molecular flexibility index (Phi) is 3.76. The first kappa shape index (κ1) is 13.4. The normalized spacial score (nSPS) is 10.5. The van der Waals surface area contributed by atoms with E-state index in [9.17, 15) is 13.7 Å². The van der Waals surface area contributed by atoms with E-state index in [2.05, 4.69) is 5.18 Å². The summed E-state index contributed by atoms with van der Waals surface area (Å²) in [5, 5.41) is 12.0. The highest BCUT2D eigenvalue weighted by Gasteiger charge is 2.11. The van der Waals surface area contributed by atoms with Crippen molar-refractivity contribution in [1.82, 2.24) is 0 Å². The Hall–Kier alpha value is -2.01. The summed E-state index contributed by atoms with van der Waals surface area (Å²) in [6, 6.07) is 6.61. The van der Waals surface area contributed by atoms with Crippen molar-refractivity contribution >= 4 is 11.6 Å². The lowest BCUT2D eigenvalue weighted by Crippen LogP contribution is -1.88. The van der Waals surface area contributed by atoms with Crippen LogP contribution < -0.4 is 0 Å². The van der Waals surface area contributed by atoms with Crippen LogP contribution in [0, 0.1) is 16.5 Å². The van der Waals surface area contributed by atoms with E-state index in [-0.39, 0.29) is 17.1 Å². The minimum Gasteiger partial charge on any atom is -0.503 e. The summed E-state index contributed by atoms with van der Waals surface area (Å²) < 4.78 is 26.5. The van der Waals surface area contributed by atoms with Gasteiger partial charge in [0.1, 0.15) is 6.54 Å². The first-order valence-corrected chi connectivity index (χ1v) is 5.66. The Labute approximate surface area is 112 Å². The van der Waals surface area contributed by atoms with Gasteiger partial charge in [-0.3, -0.25) is 0 Å². The van der Waals surface area contributed by atoms with Gasteiger partial charge in [-0.2, -0.15) is 4.91 Å². The number of rotatable bonds is 3. The first-order valence-electron chi connectivity index (χ1n) is 5.29. The second kappa shape index (κ2) is 5.32. The van der Waals surface area contributed by atoms with Gasteiger partial charge in [0.2, 0.25) is 0 Å². The average Bonchev–Trinajstić information content (AvgIpc) is 2.38. The molecule has 0 aliphatic rings. The average molecular weight is 284 g/mol. The monoisotopic (exact) mass is 283 g/mol. The molecule has 0 saturated heterocycles. The van der Waals surface area contributed by atoms with Crippen molar-refractivity contribution in [2.75, 3.05) is 0 Å². The Morgan fingerprint density at radius 1 is 1.11 bits per heavy atom. The molecule has 0 spiro atoms. The Morgan fingerprint density at radius 3 is 2.26 bits per heavy atom. The van der Waals surface area contributed by atoms with Gasteiger partial charge in [0.15, 0.2) is 17.4 Å². The van der Waals surface area contributed by atoms with Crippen molar-refractivity contribution in [1.29, 1.82) is 0 Å². The van der Waals surface area contributed by atoms with Gasteiger partial charge in [0.25, 0.3) is 0 Å². The van der Waals surface area contributed by atoms with E-state index in [1.165, 1.54) is 6.07 Å². The van der Waals surface area contributed by atoms with Crippen molar-refractivity contribution in [3.63, 3.8) is 0 Å². The van der Waals surface area contributed by atoms with Gasteiger partial charge in [0, 0.05) is 5.02 Å². The smallest absolute Gasteiger partial charge is 0.187 e. The largest absolute Gasteiger partial charge is 0.503 e. The molecule has 19 heavy (non-hydrogen) atoms. The maximum absolute atomic E-state index is 13.2. The first-order chi connectivity index (χ1) is 9.02. The van der Waals surface area contributed by atoms with Crippen molar-refractivity contribution in [3.05, 3.63) is 57.5 Å². The molecule has 0 unspecified atom stereocenters. The van der Waals surface area contributed by atoms with E-state index in [0.29, 0.717) is 11.1 Å². The van der Waals surface area contributed by atoms with Crippen molar-refractivity contribution in [2.45, 2.75) is 6.54 Å². The zero-order valence-corrected chi connectivity index (χ0v) is 10.3. The number of nitroso groups, excluding NO2 is 1. The van der Waals surface area contributed by atoms with E-state index in [1.54, 1.807) is 12.1 Å². The number of nitrogens with zero attached hydrogens (tertiary/aromatic N) is 1. The lowest BCUT2D eigenvalue weighted by atomic mass is 10.0. The van der Waals surface area contributed by atoms with E-state index in [1.807, 2.05) is 0 Å². The van der Waals surface area contributed by atoms with Crippen LogP contribution in [0.25, 0.3) is 11.1 Å². The van der Waals surface area contributed by atoms with Gasteiger partial charge < -0.3 is 5.11 Å². The molecule has 0 bridgehead atoms. The molecule has 2 aromatic carbocycles. The van der Waals surface area contributed by atoms with Crippen LogP contribution in [0.4, 0.5) is 8.78 Å². The van der Waals surface area contributed by atoms with Crippen LogP contribution in [0.1, 0.15) is 5.56 Å². The summed E-state index contributed by atoms with van der Waals surface area (Å²) in [7, 11) is 0. The summed E-state index contributed by atoms with van der Waals surface area (Å²) in [4.78, 5) is 10.2. The third kappa shape index (κ3) is 2.71. The highest BCUT2D eigenvalue weighted by molar-refractivity contribution is 6.31. The Bertz CT molecular complexity index is 624. The van der Waals surface area contributed by atoms with Gasteiger partial charge in [-0.25, -0.2) is 8.78 Å². The second-order valence-corrected chi connectivity index (χ2v) is 4.29. The molecule has 2 aromatic rings. The molecule has 0 aliphatic carbocycles. The summed E-state index contributed by atoms with van der Waals surface area (Å²) >= 11 is 5.93. The van der Waals surface area contributed by atoms with E-state index >= 15 is 0 Å². The zero-order chi connectivity index (χ0) is 14.0. The van der Waals surface area contributed by atoms with Crippen LogP contribution in [0.3, 0.4) is 0 Å². The molecule has 0 saturated carbocycles. The molecule has 0 heterocycles. The molecule has 0 amide bonds. The molecule has 2 rings (SSSR count). The van der Waals surface area contributed by atoms with Crippen LogP contribution in [-0.4, -0.2) is 5.11 Å². The standard InChI is InChI=1S/C13H8ClF2NO2/c14-10-3-7(1-2-8(10)6-17-19)9-4-11(15)13(18)12(16)5-9/h1-5,18H,6H2. The van der Waals surface area contributed by atoms with E-state index < -0.39 is 17.4 Å². The van der Waals surface area contributed by atoms with Gasteiger partial charge in [0.05, 0.1) is 0 Å². The van der Waals surface area contributed by atoms with Gasteiger partial charge in [-0.1, -0.05) is 28.9 Å². The minimum absolute atomic E-state index is 0.0720. The second-order valence-electron chi connectivity index (χ2n) is 3.88. The molecule has 6 heteroatoms. The Balaban J connectivity index is 2.48. The molecule has 3 nitrogen and oxygen atoms in total. The molecule has 98 valence electrons. The molecular weight excluding hydrogens is 276 g/mol. The van der Waals surface area contributed by atoms with Gasteiger partial charge >= 0.3 is 0 Å². The topological polar surface area (TPSA) is 49.7 Å². The van der Waals surface area contributed by atoms with Gasteiger partial charge in [-0.15, -0.1) is 0 Å². The summed E-state index contributed by atoms with van der Waals surface area (Å²) in [6.07, 6.45) is 0. The van der Waals surface area contributed by atoms with E-state index in [0.717, 1.165) is 12.1 Å².